The van der Waals surface area contributed by atoms with E-state index >= 15 is 4.39 Å². The molecule has 0 aliphatic rings. The highest BCUT2D eigenvalue weighted by Crippen LogP contribution is 2.34. The van der Waals surface area contributed by atoms with Crippen molar-refractivity contribution in [2.45, 2.75) is 0 Å². The zero-order valence-corrected chi connectivity index (χ0v) is 18.1. The molecule has 162 valence electrons. The molecule has 9 heteroatoms. The number of aromatic carboxylic acids is 1. The van der Waals surface area contributed by atoms with Gasteiger partial charge in [-0.3, -0.25) is 9.78 Å². The number of fused-ring (bicyclic) bond motifs is 3. The normalized spacial score (nSPS) is 11.2. The van der Waals surface area contributed by atoms with Gasteiger partial charge in [-0.25, -0.2) is 14.2 Å². The van der Waals surface area contributed by atoms with Crippen molar-refractivity contribution in [2.24, 2.45) is 0 Å². The van der Waals surface area contributed by atoms with E-state index in [2.05, 4.69) is 15.0 Å². The number of carbonyl (C=O) groups is 1. The number of carboxylic acids is 1. The Kier molecular flexibility index (Phi) is 5.08. The third kappa shape index (κ3) is 3.61. The van der Waals surface area contributed by atoms with Crippen LogP contribution in [0.3, 0.4) is 0 Å². The molecule has 6 nitrogen and oxygen atoms in total. The first-order chi connectivity index (χ1) is 15.8. The number of benzene rings is 3. The summed E-state index contributed by atoms with van der Waals surface area (Å²) in [6.45, 7) is 0. The molecule has 0 bridgehead atoms. The van der Waals surface area contributed by atoms with Crippen molar-refractivity contribution in [2.75, 3.05) is 0 Å². The van der Waals surface area contributed by atoms with Crippen LogP contribution in [0.1, 0.15) is 10.4 Å². The summed E-state index contributed by atoms with van der Waals surface area (Å²) in [4.78, 5) is 35.9. The fourth-order valence-electron chi connectivity index (χ4n) is 3.64. The number of aromatic amines is 1. The van der Waals surface area contributed by atoms with Crippen molar-refractivity contribution in [3.63, 3.8) is 0 Å². The summed E-state index contributed by atoms with van der Waals surface area (Å²) in [5, 5.41) is 10.1. The topological polar surface area (TPSA) is 95.9 Å². The summed E-state index contributed by atoms with van der Waals surface area (Å²) < 4.78 is 15.2. The van der Waals surface area contributed by atoms with E-state index in [1.807, 2.05) is 0 Å². The van der Waals surface area contributed by atoms with E-state index in [0.29, 0.717) is 32.6 Å². The second-order valence-corrected chi connectivity index (χ2v) is 8.13. The summed E-state index contributed by atoms with van der Waals surface area (Å²) >= 11 is 12.1. The van der Waals surface area contributed by atoms with Crippen LogP contribution in [-0.4, -0.2) is 26.0 Å². The van der Waals surface area contributed by atoms with Crippen LogP contribution >= 0.6 is 23.2 Å². The van der Waals surface area contributed by atoms with Crippen LogP contribution in [0.25, 0.3) is 44.5 Å². The summed E-state index contributed by atoms with van der Waals surface area (Å²) in [7, 11) is 0. The van der Waals surface area contributed by atoms with E-state index in [1.54, 1.807) is 48.5 Å². The second kappa shape index (κ2) is 7.95. The fraction of sp³-hybridized carbons (Fsp3) is 0. The zero-order chi connectivity index (χ0) is 23.3. The predicted octanol–water partition coefficient (Wildman–Crippen LogP) is 5.95. The standard InChI is InChI=1S/C24H12Cl2FN3O3/c25-13-5-1-11(2-6-13)18-19(12-3-7-14(26)8-4-12)30-22-20-15(9-17(27)21(22)29-18)23(31)16(10-28-20)24(32)33/h1-10,29H,(H,32,33). The first-order valence-electron chi connectivity index (χ1n) is 9.64. The highest BCUT2D eigenvalue weighted by molar-refractivity contribution is 6.31. The van der Waals surface area contributed by atoms with Gasteiger partial charge < -0.3 is 10.1 Å². The number of pyridine rings is 1. The molecule has 2 heterocycles. The van der Waals surface area contributed by atoms with E-state index < -0.39 is 22.8 Å². The quantitative estimate of drug-likeness (QED) is 0.311. The van der Waals surface area contributed by atoms with Crippen LogP contribution in [-0.2, 0) is 0 Å². The van der Waals surface area contributed by atoms with E-state index in [1.165, 1.54) is 0 Å². The minimum absolute atomic E-state index is 0.0279. The van der Waals surface area contributed by atoms with Crippen molar-refractivity contribution in [1.82, 2.24) is 15.0 Å². The van der Waals surface area contributed by atoms with Gasteiger partial charge in [0, 0.05) is 27.4 Å². The number of nitrogens with one attached hydrogen (secondary N) is 1. The molecule has 0 aliphatic carbocycles. The molecule has 0 fully saturated rings. The molecule has 0 aliphatic heterocycles. The Morgan fingerprint density at radius 3 is 2.15 bits per heavy atom. The number of H-pyrrole nitrogens is 1. The van der Waals surface area contributed by atoms with E-state index in [9.17, 15) is 14.7 Å². The first-order valence-corrected chi connectivity index (χ1v) is 10.4. The number of halogens is 3. The lowest BCUT2D eigenvalue weighted by molar-refractivity contribution is 0.0695. The average molecular weight is 480 g/mol. The summed E-state index contributed by atoms with van der Waals surface area (Å²) in [6.07, 6.45) is 0.959. The first kappa shape index (κ1) is 21.1. The number of carboxylic acid groups (broad SMARTS) is 1. The molecule has 0 amide bonds. The minimum Gasteiger partial charge on any atom is -0.477 e. The Balaban J connectivity index is 1.90. The largest absolute Gasteiger partial charge is 0.477 e. The van der Waals surface area contributed by atoms with E-state index in [4.69, 9.17) is 23.2 Å². The third-order valence-corrected chi connectivity index (χ3v) is 5.73. The lowest BCUT2D eigenvalue weighted by Gasteiger charge is -2.14. The van der Waals surface area contributed by atoms with Crippen LogP contribution in [0.15, 0.2) is 65.6 Å². The Morgan fingerprint density at radius 1 is 0.939 bits per heavy atom. The number of nitrogens with zero attached hydrogens (tertiary/aromatic N) is 2. The highest BCUT2D eigenvalue weighted by atomic mass is 35.5. The van der Waals surface area contributed by atoms with Gasteiger partial charge in [0.15, 0.2) is 0 Å². The van der Waals surface area contributed by atoms with Crippen molar-refractivity contribution >= 4 is 51.1 Å². The molecule has 3 aromatic carbocycles. The lowest BCUT2D eigenvalue weighted by Crippen LogP contribution is -2.16. The highest BCUT2D eigenvalue weighted by Gasteiger charge is 2.20. The van der Waals surface area contributed by atoms with Gasteiger partial charge in [0.25, 0.3) is 0 Å². The number of aromatic nitrogens is 3. The van der Waals surface area contributed by atoms with Gasteiger partial charge in [0.2, 0.25) is 5.43 Å². The van der Waals surface area contributed by atoms with Gasteiger partial charge in [-0.15, -0.1) is 0 Å². The Labute approximate surface area is 195 Å². The molecule has 5 rings (SSSR count). The zero-order valence-electron chi connectivity index (χ0n) is 16.6. The van der Waals surface area contributed by atoms with Crippen LogP contribution < -0.4 is 5.43 Å². The van der Waals surface area contributed by atoms with Crippen LogP contribution in [0, 0.1) is 5.82 Å². The molecule has 33 heavy (non-hydrogen) atoms. The van der Waals surface area contributed by atoms with Gasteiger partial charge in [-0.1, -0.05) is 47.5 Å². The summed E-state index contributed by atoms with van der Waals surface area (Å²) in [5.41, 5.74) is 1.22. The third-order valence-electron chi connectivity index (χ3n) is 5.23. The van der Waals surface area contributed by atoms with Crippen LogP contribution in [0.2, 0.25) is 10.0 Å². The van der Waals surface area contributed by atoms with Crippen molar-refractivity contribution in [3.05, 3.63) is 92.4 Å². The number of hydrogen-bond acceptors (Lipinski definition) is 4. The molecule has 2 aromatic heterocycles. The maximum absolute atomic E-state index is 15.2. The van der Waals surface area contributed by atoms with Crippen molar-refractivity contribution < 1.29 is 14.3 Å². The van der Waals surface area contributed by atoms with E-state index in [0.717, 1.165) is 12.3 Å². The SMILES string of the molecule is O=C(O)c1cnc2c(cc(F)c3[nH]c(-c4ccc(Cl)cc4)c(-c4ccc(Cl)cc4)nc32)c1=O. The van der Waals surface area contributed by atoms with Crippen LogP contribution in [0.5, 0.6) is 0 Å². The number of hydrogen-bond donors (Lipinski definition) is 2. The monoisotopic (exact) mass is 479 g/mol. The molecular formula is C24H12Cl2FN3O3. The maximum atomic E-state index is 15.2. The van der Waals surface area contributed by atoms with Crippen LogP contribution in [0.4, 0.5) is 4.39 Å². The predicted molar refractivity (Wildman–Crippen MR) is 125 cm³/mol. The van der Waals surface area contributed by atoms with Crippen molar-refractivity contribution in [3.8, 4) is 22.5 Å². The molecule has 5 aromatic rings. The smallest absolute Gasteiger partial charge is 0.341 e. The van der Waals surface area contributed by atoms with Gasteiger partial charge in [0.1, 0.15) is 27.9 Å². The lowest BCUT2D eigenvalue weighted by atomic mass is 10.0. The van der Waals surface area contributed by atoms with Crippen molar-refractivity contribution in [1.29, 1.82) is 0 Å². The fourth-order valence-corrected chi connectivity index (χ4v) is 3.89. The summed E-state index contributed by atoms with van der Waals surface area (Å²) in [5.74, 6) is -2.20. The Morgan fingerprint density at radius 2 is 1.55 bits per heavy atom. The van der Waals surface area contributed by atoms with Gasteiger partial charge >= 0.3 is 5.97 Å². The molecule has 2 N–H and O–H groups in total. The summed E-state index contributed by atoms with van der Waals surface area (Å²) in [6, 6.07) is 14.9. The second-order valence-electron chi connectivity index (χ2n) is 7.26. The van der Waals surface area contributed by atoms with E-state index in [-0.39, 0.29) is 21.9 Å². The molecule has 0 saturated carbocycles. The number of rotatable bonds is 3. The van der Waals surface area contributed by atoms with Gasteiger partial charge in [-0.05, 0) is 30.3 Å². The molecule has 0 radical (unpaired) electrons. The Bertz CT molecular complexity index is 1630. The molecular weight excluding hydrogens is 468 g/mol. The van der Waals surface area contributed by atoms with Gasteiger partial charge in [-0.2, -0.15) is 0 Å². The maximum Gasteiger partial charge on any atom is 0.341 e. The average Bonchev–Trinajstić information content (AvgIpc) is 2.80. The molecule has 0 spiro atoms. The molecule has 0 saturated heterocycles. The Hall–Kier alpha value is -3.81. The minimum atomic E-state index is -1.44. The molecule has 0 unspecified atom stereocenters. The molecule has 0 atom stereocenters. The van der Waals surface area contributed by atoms with Gasteiger partial charge in [0.05, 0.1) is 16.8 Å².